The van der Waals surface area contributed by atoms with Gasteiger partial charge < -0.3 is 4.74 Å². The van der Waals surface area contributed by atoms with Crippen LogP contribution in [-0.2, 0) is 4.74 Å². The van der Waals surface area contributed by atoms with Crippen LogP contribution in [-0.4, -0.2) is 21.8 Å². The molecule has 15 heavy (non-hydrogen) atoms. The van der Waals surface area contributed by atoms with Crippen LogP contribution < -0.4 is 0 Å². The highest BCUT2D eigenvalue weighted by Crippen LogP contribution is 2.22. The van der Waals surface area contributed by atoms with Gasteiger partial charge in [-0.25, -0.2) is 13.6 Å². The van der Waals surface area contributed by atoms with E-state index >= 15 is 0 Å². The molecule has 7 heteroatoms. The monoisotopic (exact) mass is 230 g/mol. The molecule has 0 fully saturated rings. The minimum atomic E-state index is -1.26. The fraction of sp³-hybridized carbons (Fsp3) is 0.125. The van der Waals surface area contributed by atoms with Crippen molar-refractivity contribution in [2.45, 2.75) is 0 Å². The lowest BCUT2D eigenvalue weighted by Gasteiger charge is -2.01. The highest BCUT2D eigenvalue weighted by atomic mass is 32.1. The van der Waals surface area contributed by atoms with Gasteiger partial charge in [0.2, 0.25) is 0 Å². The zero-order valence-electron chi connectivity index (χ0n) is 7.45. The highest BCUT2D eigenvalue weighted by Gasteiger charge is 2.21. The fourth-order valence-electron chi connectivity index (χ4n) is 1.12. The van der Waals surface area contributed by atoms with Crippen molar-refractivity contribution in [1.29, 1.82) is 0 Å². The van der Waals surface area contributed by atoms with Crippen molar-refractivity contribution in [2.24, 2.45) is 0 Å². The van der Waals surface area contributed by atoms with E-state index in [9.17, 15) is 13.6 Å². The summed E-state index contributed by atoms with van der Waals surface area (Å²) in [4.78, 5) is 11.1. The van der Waals surface area contributed by atoms with Gasteiger partial charge in [0.25, 0.3) is 0 Å². The van der Waals surface area contributed by atoms with E-state index in [1.54, 1.807) is 0 Å². The number of halogens is 2. The molecule has 4 nitrogen and oxygen atoms in total. The maximum Gasteiger partial charge on any atom is 0.341 e. The normalized spacial score (nSPS) is 10.6. The van der Waals surface area contributed by atoms with Gasteiger partial charge in [0, 0.05) is 0 Å². The maximum absolute atomic E-state index is 13.3. The third-order valence-electron chi connectivity index (χ3n) is 1.84. The molecule has 0 aliphatic carbocycles. The Labute approximate surface area is 86.8 Å². The smallest absolute Gasteiger partial charge is 0.341 e. The molecule has 0 N–H and O–H groups in total. The second-order valence-corrected chi connectivity index (χ2v) is 3.20. The second-order valence-electron chi connectivity index (χ2n) is 2.68. The quantitative estimate of drug-likeness (QED) is 0.700. The Balaban J connectivity index is 2.75. The van der Waals surface area contributed by atoms with Gasteiger partial charge in [-0.15, -0.1) is 0 Å². The molecule has 0 spiro atoms. The summed E-state index contributed by atoms with van der Waals surface area (Å²) in [5.74, 6) is -3.38. The zero-order chi connectivity index (χ0) is 11.0. The van der Waals surface area contributed by atoms with Gasteiger partial charge in [0.1, 0.15) is 16.6 Å². The van der Waals surface area contributed by atoms with Crippen LogP contribution in [0.25, 0.3) is 11.0 Å². The third-order valence-corrected chi connectivity index (χ3v) is 2.38. The van der Waals surface area contributed by atoms with Crippen molar-refractivity contribution in [2.75, 3.05) is 7.11 Å². The van der Waals surface area contributed by atoms with E-state index in [2.05, 4.69) is 13.5 Å². The first-order valence-electron chi connectivity index (χ1n) is 3.83. The van der Waals surface area contributed by atoms with Crippen molar-refractivity contribution in [1.82, 2.24) is 8.75 Å². The number of hydrogen-bond donors (Lipinski definition) is 0. The topological polar surface area (TPSA) is 52.1 Å². The third kappa shape index (κ3) is 1.44. The Kier molecular flexibility index (Phi) is 2.31. The van der Waals surface area contributed by atoms with Crippen LogP contribution in [0.1, 0.15) is 10.4 Å². The Hall–Kier alpha value is -1.63. The van der Waals surface area contributed by atoms with Crippen molar-refractivity contribution in [3.8, 4) is 0 Å². The summed E-state index contributed by atoms with van der Waals surface area (Å²) >= 11 is 0.745. The number of carbonyl (C=O) groups is 1. The van der Waals surface area contributed by atoms with Crippen LogP contribution in [0.4, 0.5) is 8.78 Å². The molecular formula is C8H4F2N2O2S. The Morgan fingerprint density at radius 3 is 2.80 bits per heavy atom. The van der Waals surface area contributed by atoms with Gasteiger partial charge in [-0.1, -0.05) is 0 Å². The minimum absolute atomic E-state index is 0.138. The number of hydrogen-bond acceptors (Lipinski definition) is 5. The summed E-state index contributed by atoms with van der Waals surface area (Å²) in [5, 5.41) is 0. The van der Waals surface area contributed by atoms with Gasteiger partial charge in [0.15, 0.2) is 11.6 Å². The molecule has 0 saturated carbocycles. The van der Waals surface area contributed by atoms with Crippen LogP contribution in [0.15, 0.2) is 6.07 Å². The van der Waals surface area contributed by atoms with Gasteiger partial charge in [-0.2, -0.15) is 8.75 Å². The molecule has 78 valence electrons. The Morgan fingerprint density at radius 1 is 1.40 bits per heavy atom. The summed E-state index contributed by atoms with van der Waals surface area (Å²) in [5.41, 5.74) is -0.514. The van der Waals surface area contributed by atoms with E-state index in [0.717, 1.165) is 24.9 Å². The number of methoxy groups -OCH3 is 1. The predicted octanol–water partition coefficient (Wildman–Crippen LogP) is 1.76. The summed E-state index contributed by atoms with van der Waals surface area (Å²) in [6.45, 7) is 0. The van der Waals surface area contributed by atoms with Gasteiger partial charge in [-0.05, 0) is 6.07 Å². The SMILES string of the molecule is COC(=O)c1cc2nsnc2c(F)c1F. The van der Waals surface area contributed by atoms with Crippen LogP contribution in [0, 0.1) is 11.6 Å². The molecule has 2 aromatic rings. The summed E-state index contributed by atoms with van der Waals surface area (Å²) < 4.78 is 38.2. The molecule has 0 radical (unpaired) electrons. The number of fused-ring (bicyclic) bond motifs is 1. The Morgan fingerprint density at radius 2 is 2.13 bits per heavy atom. The van der Waals surface area contributed by atoms with Crippen LogP contribution in [0.5, 0.6) is 0 Å². The van der Waals surface area contributed by atoms with Gasteiger partial charge in [-0.3, -0.25) is 0 Å². The molecular weight excluding hydrogens is 226 g/mol. The van der Waals surface area contributed by atoms with Gasteiger partial charge >= 0.3 is 5.97 Å². The summed E-state index contributed by atoms with van der Waals surface area (Å²) in [6, 6.07) is 1.11. The Bertz CT molecular complexity index is 541. The molecule has 0 bridgehead atoms. The largest absolute Gasteiger partial charge is 0.465 e. The molecule has 0 aliphatic rings. The van der Waals surface area contributed by atoms with E-state index in [0.29, 0.717) is 0 Å². The summed E-state index contributed by atoms with van der Waals surface area (Å²) in [6.07, 6.45) is 0. The molecule has 1 aromatic carbocycles. The number of carbonyl (C=O) groups excluding carboxylic acids is 1. The molecule has 0 amide bonds. The number of ether oxygens (including phenoxy) is 1. The predicted molar refractivity (Wildman–Crippen MR) is 48.7 cm³/mol. The number of esters is 1. The molecule has 0 saturated heterocycles. The van der Waals surface area contributed by atoms with Crippen LogP contribution in [0.2, 0.25) is 0 Å². The molecule has 2 rings (SSSR count). The first-order valence-corrected chi connectivity index (χ1v) is 4.56. The average molecular weight is 230 g/mol. The van der Waals surface area contributed by atoms with Crippen molar-refractivity contribution in [3.05, 3.63) is 23.3 Å². The van der Waals surface area contributed by atoms with E-state index in [-0.39, 0.29) is 11.0 Å². The molecule has 1 aromatic heterocycles. The lowest BCUT2D eigenvalue weighted by Crippen LogP contribution is -2.06. The molecule has 1 heterocycles. The number of nitrogens with zero attached hydrogens (tertiary/aromatic N) is 2. The average Bonchev–Trinajstić information content (AvgIpc) is 2.70. The van der Waals surface area contributed by atoms with Crippen LogP contribution >= 0.6 is 11.7 Å². The highest BCUT2D eigenvalue weighted by molar-refractivity contribution is 7.00. The standard InChI is InChI=1S/C8H4F2N2O2S/c1-14-8(13)3-2-4-7(12-15-11-4)6(10)5(3)9/h2H,1H3. The minimum Gasteiger partial charge on any atom is -0.465 e. The number of benzene rings is 1. The lowest BCUT2D eigenvalue weighted by molar-refractivity contribution is 0.0594. The van der Waals surface area contributed by atoms with E-state index in [1.165, 1.54) is 0 Å². The van der Waals surface area contributed by atoms with E-state index < -0.39 is 23.2 Å². The second kappa shape index (κ2) is 3.50. The lowest BCUT2D eigenvalue weighted by atomic mass is 10.2. The first kappa shape index (κ1) is 9.91. The maximum atomic E-state index is 13.3. The van der Waals surface area contributed by atoms with Crippen molar-refractivity contribution >= 4 is 28.7 Å². The van der Waals surface area contributed by atoms with E-state index in [1.807, 2.05) is 0 Å². The van der Waals surface area contributed by atoms with Crippen LogP contribution in [0.3, 0.4) is 0 Å². The molecule has 0 aliphatic heterocycles. The summed E-state index contributed by atoms with van der Waals surface area (Å²) in [7, 11) is 1.09. The zero-order valence-corrected chi connectivity index (χ0v) is 8.27. The number of aromatic nitrogens is 2. The number of rotatable bonds is 1. The fourth-order valence-corrected chi connectivity index (χ4v) is 1.65. The van der Waals surface area contributed by atoms with E-state index in [4.69, 9.17) is 0 Å². The van der Waals surface area contributed by atoms with Crippen molar-refractivity contribution < 1.29 is 18.3 Å². The van der Waals surface area contributed by atoms with Crippen molar-refractivity contribution in [3.63, 3.8) is 0 Å². The molecule has 0 unspecified atom stereocenters. The molecule has 0 atom stereocenters. The first-order chi connectivity index (χ1) is 7.15. The van der Waals surface area contributed by atoms with Gasteiger partial charge in [0.05, 0.1) is 18.8 Å².